The number of anilines is 1. The zero-order valence-electron chi connectivity index (χ0n) is 9.01. The van der Waals surface area contributed by atoms with Crippen LogP contribution in [0.15, 0.2) is 18.2 Å². The molecule has 0 aliphatic carbocycles. The van der Waals surface area contributed by atoms with Crippen molar-refractivity contribution < 1.29 is 14.8 Å². The van der Waals surface area contributed by atoms with Crippen molar-refractivity contribution in [1.82, 2.24) is 0 Å². The molecular weight excluding hydrogens is 212 g/mol. The van der Waals surface area contributed by atoms with Crippen LogP contribution in [-0.4, -0.2) is 30.1 Å². The van der Waals surface area contributed by atoms with Crippen LogP contribution in [0.25, 0.3) is 0 Å². The fourth-order valence-electron chi connectivity index (χ4n) is 1.37. The van der Waals surface area contributed by atoms with Crippen molar-refractivity contribution in [3.8, 4) is 0 Å². The molecule has 0 saturated carbocycles. The summed E-state index contributed by atoms with van der Waals surface area (Å²) in [7, 11) is 3.35. The smallest absolute Gasteiger partial charge is 0.307 e. The maximum atomic E-state index is 10.7. The first kappa shape index (κ1) is 12.0. The van der Waals surface area contributed by atoms with Crippen LogP contribution in [-0.2, 0) is 11.2 Å². The summed E-state index contributed by atoms with van der Waals surface area (Å²) in [4.78, 5) is 22.3. The fourth-order valence-corrected chi connectivity index (χ4v) is 1.37. The van der Waals surface area contributed by atoms with Gasteiger partial charge in [0.15, 0.2) is 0 Å². The predicted molar refractivity (Wildman–Crippen MR) is 58.8 cm³/mol. The van der Waals surface area contributed by atoms with Crippen LogP contribution in [0.4, 0.5) is 11.4 Å². The normalized spacial score (nSPS) is 9.88. The summed E-state index contributed by atoms with van der Waals surface area (Å²) in [6.45, 7) is 0. The first-order chi connectivity index (χ1) is 7.41. The summed E-state index contributed by atoms with van der Waals surface area (Å²) < 4.78 is 0. The lowest BCUT2D eigenvalue weighted by Gasteiger charge is -2.13. The summed E-state index contributed by atoms with van der Waals surface area (Å²) in [6.07, 6.45) is -0.140. The number of aliphatic carboxylic acids is 1. The number of carboxylic acid groups (broad SMARTS) is 1. The summed E-state index contributed by atoms with van der Waals surface area (Å²) in [5.41, 5.74) is 0.921. The molecule has 6 nitrogen and oxygen atoms in total. The van der Waals surface area contributed by atoms with Gasteiger partial charge in [-0.25, -0.2) is 0 Å². The Labute approximate surface area is 92.3 Å². The van der Waals surface area contributed by atoms with Crippen molar-refractivity contribution in [2.75, 3.05) is 19.0 Å². The zero-order valence-corrected chi connectivity index (χ0v) is 9.01. The van der Waals surface area contributed by atoms with Gasteiger partial charge in [-0.1, -0.05) is 6.07 Å². The topological polar surface area (TPSA) is 83.7 Å². The Morgan fingerprint density at radius 1 is 1.50 bits per heavy atom. The van der Waals surface area contributed by atoms with E-state index in [-0.39, 0.29) is 12.1 Å². The van der Waals surface area contributed by atoms with Crippen molar-refractivity contribution in [1.29, 1.82) is 0 Å². The fraction of sp³-hybridized carbons (Fsp3) is 0.300. The average Bonchev–Trinajstić information content (AvgIpc) is 2.16. The number of nitrogens with zero attached hydrogens (tertiary/aromatic N) is 2. The number of carboxylic acids is 1. The van der Waals surface area contributed by atoms with Gasteiger partial charge in [0.1, 0.15) is 5.69 Å². The minimum absolute atomic E-state index is 0.0286. The third-order valence-corrected chi connectivity index (χ3v) is 2.07. The lowest BCUT2D eigenvalue weighted by molar-refractivity contribution is -0.384. The Morgan fingerprint density at radius 3 is 2.56 bits per heavy atom. The summed E-state index contributed by atoms with van der Waals surface area (Å²) in [6, 6.07) is 4.30. The highest BCUT2D eigenvalue weighted by Crippen LogP contribution is 2.27. The van der Waals surface area contributed by atoms with Gasteiger partial charge in [0.2, 0.25) is 0 Å². The highest BCUT2D eigenvalue weighted by molar-refractivity contribution is 5.72. The van der Waals surface area contributed by atoms with E-state index in [2.05, 4.69) is 0 Å². The van der Waals surface area contributed by atoms with E-state index >= 15 is 0 Å². The van der Waals surface area contributed by atoms with Crippen LogP contribution in [0, 0.1) is 10.1 Å². The van der Waals surface area contributed by atoms with Gasteiger partial charge in [0.05, 0.1) is 11.3 Å². The number of nitro benzene ring substituents is 1. The van der Waals surface area contributed by atoms with Crippen molar-refractivity contribution in [2.24, 2.45) is 0 Å². The predicted octanol–water partition coefficient (Wildman–Crippen LogP) is 1.29. The molecule has 16 heavy (non-hydrogen) atoms. The van der Waals surface area contributed by atoms with Gasteiger partial charge in [-0.05, 0) is 11.6 Å². The van der Waals surface area contributed by atoms with E-state index in [1.165, 1.54) is 18.2 Å². The number of rotatable bonds is 4. The van der Waals surface area contributed by atoms with Crippen LogP contribution >= 0.6 is 0 Å². The van der Waals surface area contributed by atoms with Crippen LogP contribution in [0.1, 0.15) is 5.56 Å². The van der Waals surface area contributed by atoms with Gasteiger partial charge < -0.3 is 10.0 Å². The molecule has 1 aromatic rings. The number of carbonyl (C=O) groups is 1. The largest absolute Gasteiger partial charge is 0.481 e. The molecule has 0 spiro atoms. The summed E-state index contributed by atoms with van der Waals surface area (Å²) in [5.74, 6) is -0.960. The molecule has 0 atom stereocenters. The number of hydrogen-bond donors (Lipinski definition) is 1. The van der Waals surface area contributed by atoms with Gasteiger partial charge in [0.25, 0.3) is 5.69 Å². The summed E-state index contributed by atoms with van der Waals surface area (Å²) >= 11 is 0. The van der Waals surface area contributed by atoms with Crippen LogP contribution < -0.4 is 4.90 Å². The molecule has 0 bridgehead atoms. The highest BCUT2D eigenvalue weighted by atomic mass is 16.6. The lowest BCUT2D eigenvalue weighted by Crippen LogP contribution is -2.12. The molecule has 1 N–H and O–H groups in total. The second kappa shape index (κ2) is 4.61. The quantitative estimate of drug-likeness (QED) is 0.615. The number of benzene rings is 1. The molecule has 0 amide bonds. The Balaban J connectivity index is 3.17. The SMILES string of the molecule is CN(C)c1cc(CC(=O)O)ccc1[N+](=O)[O-]. The van der Waals surface area contributed by atoms with E-state index in [0.717, 1.165) is 0 Å². The van der Waals surface area contributed by atoms with Crippen molar-refractivity contribution in [3.63, 3.8) is 0 Å². The Bertz CT molecular complexity index is 429. The maximum absolute atomic E-state index is 10.7. The van der Waals surface area contributed by atoms with Gasteiger partial charge >= 0.3 is 5.97 Å². The molecule has 0 aromatic heterocycles. The van der Waals surface area contributed by atoms with Crippen LogP contribution in [0.3, 0.4) is 0 Å². The molecule has 86 valence electrons. The van der Waals surface area contributed by atoms with Gasteiger partial charge in [-0.2, -0.15) is 0 Å². The van der Waals surface area contributed by atoms with Crippen LogP contribution in [0.5, 0.6) is 0 Å². The van der Waals surface area contributed by atoms with Gasteiger partial charge in [0, 0.05) is 20.2 Å². The van der Waals surface area contributed by atoms with E-state index in [9.17, 15) is 14.9 Å². The molecule has 0 unspecified atom stereocenters. The Kier molecular flexibility index (Phi) is 3.44. The zero-order chi connectivity index (χ0) is 12.3. The third kappa shape index (κ3) is 2.69. The highest BCUT2D eigenvalue weighted by Gasteiger charge is 2.16. The van der Waals surface area contributed by atoms with Crippen molar-refractivity contribution in [3.05, 3.63) is 33.9 Å². The number of nitro groups is 1. The van der Waals surface area contributed by atoms with Gasteiger partial charge in [-0.3, -0.25) is 14.9 Å². The van der Waals surface area contributed by atoms with Gasteiger partial charge in [-0.15, -0.1) is 0 Å². The Morgan fingerprint density at radius 2 is 2.12 bits per heavy atom. The second-order valence-electron chi connectivity index (χ2n) is 3.55. The minimum atomic E-state index is -0.960. The molecule has 6 heteroatoms. The molecule has 0 saturated heterocycles. The van der Waals surface area contributed by atoms with E-state index in [1.807, 2.05) is 0 Å². The summed E-state index contributed by atoms with van der Waals surface area (Å²) in [5, 5.41) is 19.3. The molecule has 0 aliphatic heterocycles. The van der Waals surface area contributed by atoms with E-state index in [0.29, 0.717) is 11.3 Å². The lowest BCUT2D eigenvalue weighted by atomic mass is 10.1. The molecule has 1 rings (SSSR count). The standard InChI is InChI=1S/C10H12N2O4/c1-11(2)9-5-7(6-10(13)14)3-4-8(9)12(15)16/h3-5H,6H2,1-2H3,(H,13,14). The first-order valence-corrected chi connectivity index (χ1v) is 4.58. The number of hydrogen-bond acceptors (Lipinski definition) is 4. The van der Waals surface area contributed by atoms with Crippen molar-refractivity contribution in [2.45, 2.75) is 6.42 Å². The van der Waals surface area contributed by atoms with E-state index in [1.54, 1.807) is 19.0 Å². The maximum Gasteiger partial charge on any atom is 0.307 e. The van der Waals surface area contributed by atoms with E-state index in [4.69, 9.17) is 5.11 Å². The molecule has 0 heterocycles. The van der Waals surface area contributed by atoms with Crippen molar-refractivity contribution >= 4 is 17.3 Å². The molecule has 1 aromatic carbocycles. The van der Waals surface area contributed by atoms with Crippen LogP contribution in [0.2, 0.25) is 0 Å². The monoisotopic (exact) mass is 224 g/mol. The first-order valence-electron chi connectivity index (χ1n) is 4.58. The average molecular weight is 224 g/mol. The molecule has 0 fully saturated rings. The molecule has 0 radical (unpaired) electrons. The Hall–Kier alpha value is -2.11. The second-order valence-corrected chi connectivity index (χ2v) is 3.55. The molecular formula is C10H12N2O4. The van der Waals surface area contributed by atoms with E-state index < -0.39 is 10.9 Å². The third-order valence-electron chi connectivity index (χ3n) is 2.07. The minimum Gasteiger partial charge on any atom is -0.481 e. The molecule has 0 aliphatic rings.